The second-order valence-corrected chi connectivity index (χ2v) is 6.04. The van der Waals surface area contributed by atoms with Crippen LogP contribution in [-0.2, 0) is 12.8 Å². The lowest BCUT2D eigenvalue weighted by molar-refractivity contribution is 0.318. The van der Waals surface area contributed by atoms with Gasteiger partial charge in [-0.2, -0.15) is 0 Å². The quantitative estimate of drug-likeness (QED) is 0.895. The fraction of sp³-hybridized carbons (Fsp3) is 0.571. The van der Waals surface area contributed by atoms with Gasteiger partial charge in [0.15, 0.2) is 0 Å². The summed E-state index contributed by atoms with van der Waals surface area (Å²) in [4.78, 5) is 0. The van der Waals surface area contributed by atoms with Crippen molar-refractivity contribution in [3.05, 3.63) is 33.8 Å². The molecule has 1 unspecified atom stereocenters. The number of benzene rings is 1. The molecule has 0 aromatic heterocycles. The van der Waals surface area contributed by atoms with Crippen molar-refractivity contribution in [3.8, 4) is 0 Å². The van der Waals surface area contributed by atoms with Gasteiger partial charge in [-0.1, -0.05) is 34.5 Å². The van der Waals surface area contributed by atoms with Crippen molar-refractivity contribution >= 4 is 15.9 Å². The van der Waals surface area contributed by atoms with Gasteiger partial charge in [0.2, 0.25) is 0 Å². The van der Waals surface area contributed by atoms with E-state index in [0.29, 0.717) is 0 Å². The number of hydrogen-bond donors (Lipinski definition) is 1. The monoisotopic (exact) mass is 279 g/mol. The highest BCUT2D eigenvalue weighted by atomic mass is 79.9. The van der Waals surface area contributed by atoms with Gasteiger partial charge in [-0.25, -0.2) is 0 Å². The third kappa shape index (κ3) is 2.05. The van der Waals surface area contributed by atoms with Gasteiger partial charge < -0.3 is 5.32 Å². The van der Waals surface area contributed by atoms with Gasteiger partial charge >= 0.3 is 0 Å². The molecule has 1 nitrogen and oxygen atoms in total. The summed E-state index contributed by atoms with van der Waals surface area (Å²) in [6.07, 6.45) is 6.71. The molecule has 3 rings (SSSR count). The molecule has 0 bridgehead atoms. The average molecular weight is 280 g/mol. The number of nitrogens with one attached hydrogen (secondary N) is 1. The summed E-state index contributed by atoms with van der Waals surface area (Å²) < 4.78 is 1.30. The molecule has 1 aromatic carbocycles. The lowest BCUT2D eigenvalue weighted by Gasteiger charge is -2.27. The minimum absolute atomic E-state index is 0.814. The van der Waals surface area contributed by atoms with Gasteiger partial charge in [-0.05, 0) is 55.3 Å². The van der Waals surface area contributed by atoms with Crippen LogP contribution in [-0.4, -0.2) is 12.6 Å². The standard InChI is InChI=1S/C14H18BrN/c15-14-6-1-3-11-7-10(8-13(11)14)9-16-12-4-2-5-12/h1,3,6,10,12,16H,2,4-5,7-9H2. The Bertz CT molecular complexity index is 384. The van der Waals surface area contributed by atoms with Crippen LogP contribution in [0.5, 0.6) is 0 Å². The fourth-order valence-corrected chi connectivity index (χ4v) is 3.35. The Morgan fingerprint density at radius 1 is 1.25 bits per heavy atom. The van der Waals surface area contributed by atoms with E-state index in [-0.39, 0.29) is 0 Å². The summed E-state index contributed by atoms with van der Waals surface area (Å²) in [7, 11) is 0. The molecule has 86 valence electrons. The maximum atomic E-state index is 3.70. The highest BCUT2D eigenvalue weighted by Crippen LogP contribution is 2.32. The van der Waals surface area contributed by atoms with Gasteiger partial charge in [-0.15, -0.1) is 0 Å². The Balaban J connectivity index is 1.59. The van der Waals surface area contributed by atoms with Crippen LogP contribution in [0.3, 0.4) is 0 Å². The Labute approximate surface area is 106 Å². The van der Waals surface area contributed by atoms with Gasteiger partial charge in [0.25, 0.3) is 0 Å². The van der Waals surface area contributed by atoms with Crippen molar-refractivity contribution in [2.75, 3.05) is 6.54 Å². The molecular formula is C14H18BrN. The number of rotatable bonds is 3. The lowest BCUT2D eigenvalue weighted by atomic mass is 9.92. The number of halogens is 1. The van der Waals surface area contributed by atoms with E-state index < -0.39 is 0 Å². The zero-order chi connectivity index (χ0) is 11.0. The van der Waals surface area contributed by atoms with Gasteiger partial charge in [0.05, 0.1) is 0 Å². The summed E-state index contributed by atoms with van der Waals surface area (Å²) in [5.74, 6) is 0.814. The predicted octanol–water partition coefficient (Wildman–Crippen LogP) is 3.31. The largest absolute Gasteiger partial charge is 0.314 e. The summed E-state index contributed by atoms with van der Waals surface area (Å²) in [6.45, 7) is 1.20. The molecule has 2 aliphatic rings. The first-order valence-electron chi connectivity index (χ1n) is 6.32. The van der Waals surface area contributed by atoms with Gasteiger partial charge in [-0.3, -0.25) is 0 Å². The average Bonchev–Trinajstić information content (AvgIpc) is 2.60. The zero-order valence-corrected chi connectivity index (χ0v) is 11.1. The van der Waals surface area contributed by atoms with Gasteiger partial charge in [0.1, 0.15) is 0 Å². The van der Waals surface area contributed by atoms with E-state index in [1.807, 2.05) is 0 Å². The van der Waals surface area contributed by atoms with E-state index in [0.717, 1.165) is 12.0 Å². The minimum Gasteiger partial charge on any atom is -0.314 e. The van der Waals surface area contributed by atoms with Crippen molar-refractivity contribution in [1.82, 2.24) is 5.32 Å². The van der Waals surface area contributed by atoms with Crippen LogP contribution in [0, 0.1) is 5.92 Å². The van der Waals surface area contributed by atoms with E-state index in [9.17, 15) is 0 Å². The first kappa shape index (κ1) is 10.8. The van der Waals surface area contributed by atoms with Crippen molar-refractivity contribution < 1.29 is 0 Å². The molecule has 1 atom stereocenters. The fourth-order valence-electron chi connectivity index (χ4n) is 2.79. The lowest BCUT2D eigenvalue weighted by Crippen LogP contribution is -2.38. The van der Waals surface area contributed by atoms with Crippen LogP contribution in [0.15, 0.2) is 22.7 Å². The Morgan fingerprint density at radius 2 is 2.12 bits per heavy atom. The van der Waals surface area contributed by atoms with E-state index in [2.05, 4.69) is 39.4 Å². The summed E-state index contributed by atoms with van der Waals surface area (Å²) >= 11 is 3.66. The van der Waals surface area contributed by atoms with E-state index in [1.165, 1.54) is 43.1 Å². The molecule has 0 spiro atoms. The molecule has 0 aliphatic heterocycles. The molecule has 2 heteroatoms. The van der Waals surface area contributed by atoms with E-state index in [4.69, 9.17) is 0 Å². The SMILES string of the molecule is Brc1cccc2c1CC(CNC1CCC1)C2. The van der Waals surface area contributed by atoms with Crippen molar-refractivity contribution in [2.45, 2.75) is 38.1 Å². The van der Waals surface area contributed by atoms with Crippen molar-refractivity contribution in [2.24, 2.45) is 5.92 Å². The highest BCUT2D eigenvalue weighted by molar-refractivity contribution is 9.10. The summed E-state index contributed by atoms with van der Waals surface area (Å²) in [5.41, 5.74) is 3.10. The number of fused-ring (bicyclic) bond motifs is 1. The molecule has 1 fully saturated rings. The van der Waals surface area contributed by atoms with Crippen LogP contribution in [0.2, 0.25) is 0 Å². The third-order valence-electron chi connectivity index (χ3n) is 4.02. The topological polar surface area (TPSA) is 12.0 Å². The van der Waals surface area contributed by atoms with E-state index in [1.54, 1.807) is 11.1 Å². The second-order valence-electron chi connectivity index (χ2n) is 5.19. The Morgan fingerprint density at radius 3 is 2.81 bits per heavy atom. The van der Waals surface area contributed by atoms with Crippen LogP contribution in [0.4, 0.5) is 0 Å². The smallest absolute Gasteiger partial charge is 0.0210 e. The molecule has 0 radical (unpaired) electrons. The van der Waals surface area contributed by atoms with Crippen LogP contribution in [0.1, 0.15) is 30.4 Å². The highest BCUT2D eigenvalue weighted by Gasteiger charge is 2.24. The van der Waals surface area contributed by atoms with E-state index >= 15 is 0 Å². The van der Waals surface area contributed by atoms with Crippen molar-refractivity contribution in [1.29, 1.82) is 0 Å². The van der Waals surface area contributed by atoms with Crippen LogP contribution in [0.25, 0.3) is 0 Å². The van der Waals surface area contributed by atoms with Crippen LogP contribution >= 0.6 is 15.9 Å². The third-order valence-corrected chi connectivity index (χ3v) is 4.76. The minimum atomic E-state index is 0.814. The second kappa shape index (κ2) is 4.50. The van der Waals surface area contributed by atoms with Crippen LogP contribution < -0.4 is 5.32 Å². The summed E-state index contributed by atoms with van der Waals surface area (Å²) in [5, 5.41) is 3.70. The zero-order valence-electron chi connectivity index (χ0n) is 9.51. The maximum Gasteiger partial charge on any atom is 0.0210 e. The Hall–Kier alpha value is -0.340. The molecule has 1 N–H and O–H groups in total. The summed E-state index contributed by atoms with van der Waals surface area (Å²) in [6, 6.07) is 7.43. The Kier molecular flexibility index (Phi) is 3.03. The molecule has 1 aromatic rings. The molecule has 0 heterocycles. The molecule has 16 heavy (non-hydrogen) atoms. The number of hydrogen-bond acceptors (Lipinski definition) is 1. The van der Waals surface area contributed by atoms with Gasteiger partial charge in [0, 0.05) is 10.5 Å². The molecular weight excluding hydrogens is 262 g/mol. The maximum absolute atomic E-state index is 3.70. The predicted molar refractivity (Wildman–Crippen MR) is 70.7 cm³/mol. The normalized spacial score (nSPS) is 24.2. The first-order valence-corrected chi connectivity index (χ1v) is 7.12. The van der Waals surface area contributed by atoms with Crippen molar-refractivity contribution in [3.63, 3.8) is 0 Å². The molecule has 0 saturated heterocycles. The molecule has 1 saturated carbocycles. The first-order chi connectivity index (χ1) is 7.83. The molecule has 2 aliphatic carbocycles. The molecule has 0 amide bonds.